The van der Waals surface area contributed by atoms with Crippen molar-refractivity contribution in [2.45, 2.75) is 38.3 Å². The van der Waals surface area contributed by atoms with Crippen LogP contribution in [0.15, 0.2) is 78.4 Å². The summed E-state index contributed by atoms with van der Waals surface area (Å²) in [6.07, 6.45) is 10.1. The number of benzene rings is 2. The van der Waals surface area contributed by atoms with Gasteiger partial charge in [-0.05, 0) is 73.2 Å². The topological polar surface area (TPSA) is 69.6 Å². The summed E-state index contributed by atoms with van der Waals surface area (Å²) in [5.74, 6) is 0.0108. The van der Waals surface area contributed by atoms with E-state index >= 15 is 0 Å². The number of pyridine rings is 1. The van der Waals surface area contributed by atoms with Gasteiger partial charge in [0.25, 0.3) is 0 Å². The van der Waals surface area contributed by atoms with Crippen molar-refractivity contribution in [3.8, 4) is 11.3 Å². The molecule has 1 amide bonds. The highest BCUT2D eigenvalue weighted by Gasteiger charge is 2.29. The lowest BCUT2D eigenvalue weighted by atomic mass is 9.86. The summed E-state index contributed by atoms with van der Waals surface area (Å²) in [5.41, 5.74) is 5.93. The summed E-state index contributed by atoms with van der Waals surface area (Å²) >= 11 is 1.59. The largest absolute Gasteiger partial charge is 0.393 e. The van der Waals surface area contributed by atoms with Crippen LogP contribution in [0.3, 0.4) is 0 Å². The van der Waals surface area contributed by atoms with Gasteiger partial charge in [-0.3, -0.25) is 9.78 Å². The molecule has 0 bridgehead atoms. The van der Waals surface area contributed by atoms with Crippen LogP contribution in [-0.4, -0.2) is 41.2 Å². The fourth-order valence-corrected chi connectivity index (χ4v) is 5.45. The zero-order valence-electron chi connectivity index (χ0n) is 22.4. The molecule has 1 fully saturated rings. The minimum atomic E-state index is -0.301. The Labute approximate surface area is 234 Å². The van der Waals surface area contributed by atoms with E-state index in [4.69, 9.17) is 4.98 Å². The number of hydrogen-bond acceptors (Lipinski definition) is 6. The molecule has 200 valence electrons. The molecular formula is C32H34N4O2S. The van der Waals surface area contributed by atoms with Gasteiger partial charge in [0.15, 0.2) is 0 Å². The van der Waals surface area contributed by atoms with Crippen molar-refractivity contribution >= 4 is 40.8 Å². The van der Waals surface area contributed by atoms with Crippen molar-refractivity contribution in [1.82, 2.24) is 9.97 Å². The van der Waals surface area contributed by atoms with Crippen LogP contribution >= 0.6 is 11.3 Å². The second kappa shape index (κ2) is 12.4. The third kappa shape index (κ3) is 6.80. The van der Waals surface area contributed by atoms with Crippen molar-refractivity contribution in [1.29, 1.82) is 0 Å². The lowest BCUT2D eigenvalue weighted by Gasteiger charge is -2.31. The van der Waals surface area contributed by atoms with E-state index in [9.17, 15) is 9.90 Å². The molecule has 2 heterocycles. The molecule has 1 aliphatic carbocycles. The Hall–Kier alpha value is -3.81. The number of aliphatic hydroxyl groups is 1. The average Bonchev–Trinajstić information content (AvgIpc) is 3.49. The van der Waals surface area contributed by atoms with Crippen molar-refractivity contribution in [2.75, 3.05) is 23.9 Å². The van der Waals surface area contributed by atoms with Crippen LogP contribution in [0, 0.1) is 5.92 Å². The van der Waals surface area contributed by atoms with Gasteiger partial charge in [0.2, 0.25) is 5.91 Å². The zero-order valence-corrected chi connectivity index (χ0v) is 23.2. The first-order valence-electron chi connectivity index (χ1n) is 13.4. The molecule has 39 heavy (non-hydrogen) atoms. The summed E-state index contributed by atoms with van der Waals surface area (Å²) in [5, 5.41) is 12.9. The summed E-state index contributed by atoms with van der Waals surface area (Å²) in [6, 6.07) is 20.5. The highest BCUT2D eigenvalue weighted by Crippen LogP contribution is 2.30. The van der Waals surface area contributed by atoms with Gasteiger partial charge in [-0.15, -0.1) is 11.3 Å². The number of amides is 1. The maximum Gasteiger partial charge on any atom is 0.230 e. The molecule has 0 radical (unpaired) electrons. The van der Waals surface area contributed by atoms with E-state index in [2.05, 4.69) is 40.2 Å². The van der Waals surface area contributed by atoms with Gasteiger partial charge < -0.3 is 14.9 Å². The lowest BCUT2D eigenvalue weighted by molar-refractivity contribution is -0.124. The molecule has 1 aliphatic rings. The highest BCUT2D eigenvalue weighted by molar-refractivity contribution is 7.10. The summed E-state index contributed by atoms with van der Waals surface area (Å²) < 4.78 is 0. The molecule has 2 aromatic carbocycles. The van der Waals surface area contributed by atoms with Crippen LogP contribution in [0.25, 0.3) is 23.4 Å². The first kappa shape index (κ1) is 26.8. The number of thiazole rings is 1. The third-order valence-corrected chi connectivity index (χ3v) is 7.95. The Morgan fingerprint density at radius 3 is 2.44 bits per heavy atom. The zero-order chi connectivity index (χ0) is 27.2. The first-order chi connectivity index (χ1) is 19.0. The smallest absolute Gasteiger partial charge is 0.230 e. The third-order valence-electron chi connectivity index (χ3n) is 7.21. The van der Waals surface area contributed by atoms with Crippen LogP contribution in [0.1, 0.15) is 41.8 Å². The van der Waals surface area contributed by atoms with Gasteiger partial charge in [-0.2, -0.15) is 0 Å². The molecule has 1 saturated carbocycles. The predicted octanol–water partition coefficient (Wildman–Crippen LogP) is 6.53. The van der Waals surface area contributed by atoms with Gasteiger partial charge in [-0.25, -0.2) is 4.98 Å². The molecule has 2 aromatic heterocycles. The Morgan fingerprint density at radius 2 is 1.77 bits per heavy atom. The fraction of sp³-hybridized carbons (Fsp3) is 0.281. The minimum Gasteiger partial charge on any atom is -0.393 e. The van der Waals surface area contributed by atoms with E-state index in [1.807, 2.05) is 73.1 Å². The van der Waals surface area contributed by atoms with Gasteiger partial charge in [0.05, 0.1) is 18.3 Å². The lowest BCUT2D eigenvalue weighted by Crippen LogP contribution is -2.38. The monoisotopic (exact) mass is 538 g/mol. The van der Waals surface area contributed by atoms with Crippen LogP contribution in [0.2, 0.25) is 0 Å². The molecule has 1 N–H and O–H groups in total. The normalized spacial score (nSPS) is 17.3. The van der Waals surface area contributed by atoms with Crippen molar-refractivity contribution in [3.63, 3.8) is 0 Å². The molecule has 0 spiro atoms. The molecule has 6 nitrogen and oxygen atoms in total. The van der Waals surface area contributed by atoms with Gasteiger partial charge >= 0.3 is 0 Å². The van der Waals surface area contributed by atoms with Crippen LogP contribution in [0.4, 0.5) is 11.4 Å². The van der Waals surface area contributed by atoms with Crippen LogP contribution in [-0.2, 0) is 11.3 Å². The number of aromatic nitrogens is 2. The molecule has 0 saturated heterocycles. The Morgan fingerprint density at radius 1 is 0.974 bits per heavy atom. The van der Waals surface area contributed by atoms with E-state index in [1.165, 1.54) is 0 Å². The maximum absolute atomic E-state index is 13.8. The quantitative estimate of drug-likeness (QED) is 0.276. The summed E-state index contributed by atoms with van der Waals surface area (Å²) in [6.45, 7) is 0.435. The number of anilines is 2. The Kier molecular flexibility index (Phi) is 8.49. The highest BCUT2D eigenvalue weighted by atomic mass is 32.1. The van der Waals surface area contributed by atoms with Gasteiger partial charge in [-0.1, -0.05) is 36.4 Å². The second-order valence-electron chi connectivity index (χ2n) is 10.2. The standard InChI is InChI=1S/C32H34N4O2S/c1-35(2)27-12-8-25(9-13-27)30-16-6-24(21-34-30)22-36(32(38)26-10-14-29(37)15-11-26)28-5-3-4-23(20-28)7-17-31-33-18-19-39-31/h3-9,12-13,16-21,26,29,37H,10-11,14-15,22H2,1-2H3. The molecular weight excluding hydrogens is 504 g/mol. The van der Waals surface area contributed by atoms with Crippen molar-refractivity contribution in [2.24, 2.45) is 5.92 Å². The molecule has 4 aromatic rings. The minimum absolute atomic E-state index is 0.0923. The second-order valence-corrected chi connectivity index (χ2v) is 11.1. The number of rotatable bonds is 8. The maximum atomic E-state index is 13.8. The number of hydrogen-bond donors (Lipinski definition) is 1. The number of carbonyl (C=O) groups excluding carboxylic acids is 1. The summed E-state index contributed by atoms with van der Waals surface area (Å²) in [7, 11) is 4.05. The van der Waals surface area contributed by atoms with E-state index < -0.39 is 0 Å². The molecule has 5 rings (SSSR count). The Balaban J connectivity index is 1.39. The fourth-order valence-electron chi connectivity index (χ4n) is 4.92. The molecule has 0 unspecified atom stereocenters. The Bertz CT molecular complexity index is 1390. The van der Waals surface area contributed by atoms with Gasteiger partial charge in [0, 0.05) is 54.7 Å². The van der Waals surface area contributed by atoms with Crippen molar-refractivity contribution in [3.05, 3.63) is 94.6 Å². The van der Waals surface area contributed by atoms with Gasteiger partial charge in [0.1, 0.15) is 5.01 Å². The SMILES string of the molecule is CN(C)c1ccc(-c2ccc(CN(C(=O)C3CCC(O)CC3)c3cccc(C=Cc4nccs4)c3)cn2)cc1. The number of aliphatic hydroxyl groups excluding tert-OH is 1. The molecule has 0 aliphatic heterocycles. The first-order valence-corrected chi connectivity index (χ1v) is 14.2. The van der Waals surface area contributed by atoms with Crippen LogP contribution in [0.5, 0.6) is 0 Å². The van der Waals surface area contributed by atoms with Crippen molar-refractivity contribution < 1.29 is 9.90 Å². The summed E-state index contributed by atoms with van der Waals surface area (Å²) in [4.78, 5) is 26.8. The predicted molar refractivity (Wildman–Crippen MR) is 161 cm³/mol. The number of carbonyl (C=O) groups is 1. The van der Waals surface area contributed by atoms with E-state index in [0.29, 0.717) is 32.2 Å². The number of nitrogens with zero attached hydrogens (tertiary/aromatic N) is 4. The van der Waals surface area contributed by atoms with Crippen LogP contribution < -0.4 is 9.80 Å². The molecule has 7 heteroatoms. The van der Waals surface area contributed by atoms with E-state index in [1.54, 1.807) is 17.5 Å². The molecule has 0 atom stereocenters. The van der Waals surface area contributed by atoms with E-state index in [0.717, 1.165) is 38.8 Å². The average molecular weight is 539 g/mol. The van der Waals surface area contributed by atoms with E-state index in [-0.39, 0.29) is 17.9 Å².